The standard InChI is InChI=1S/C22H16ClN3O/c1-13-6-8-14(9-7-13)20-17-10-19(23)15-4-2-3-5-16(15)21(17)27-22(26-12-25)18(20)11-24/h2-10,12,20H,1H3,(H2,25,26)/t20-/m1/s1. The monoisotopic (exact) mass is 373 g/mol. The van der Waals surface area contributed by atoms with Crippen LogP contribution in [0, 0.1) is 18.3 Å². The summed E-state index contributed by atoms with van der Waals surface area (Å²) in [7, 11) is 0. The Labute approximate surface area is 162 Å². The maximum atomic E-state index is 9.85. The maximum Gasteiger partial charge on any atom is 0.235 e. The van der Waals surface area contributed by atoms with E-state index in [9.17, 15) is 5.26 Å². The van der Waals surface area contributed by atoms with Gasteiger partial charge in [-0.25, -0.2) is 4.99 Å². The Hall–Kier alpha value is -3.29. The molecule has 0 aromatic heterocycles. The average Bonchev–Trinajstić information content (AvgIpc) is 2.69. The van der Waals surface area contributed by atoms with Gasteiger partial charge in [0.15, 0.2) is 0 Å². The molecule has 0 radical (unpaired) electrons. The quantitative estimate of drug-likeness (QED) is 0.504. The van der Waals surface area contributed by atoms with E-state index < -0.39 is 0 Å². The van der Waals surface area contributed by atoms with Crippen molar-refractivity contribution >= 4 is 28.7 Å². The Kier molecular flexibility index (Phi) is 4.31. The SMILES string of the molecule is Cc1ccc([C@H]2C(C#N)=C(N=CN)Oc3c2cc(Cl)c2ccccc32)cc1. The fourth-order valence-corrected chi connectivity index (χ4v) is 3.75. The first-order chi connectivity index (χ1) is 13.1. The molecule has 3 aromatic rings. The minimum atomic E-state index is -0.333. The molecule has 0 saturated carbocycles. The Morgan fingerprint density at radius 1 is 1.15 bits per heavy atom. The number of hydrogen-bond donors (Lipinski definition) is 1. The van der Waals surface area contributed by atoms with Crippen molar-refractivity contribution in [3.05, 3.63) is 87.8 Å². The number of rotatable bonds is 2. The molecule has 4 nitrogen and oxygen atoms in total. The molecule has 3 aromatic carbocycles. The van der Waals surface area contributed by atoms with Crippen molar-refractivity contribution < 1.29 is 4.74 Å². The zero-order valence-electron chi connectivity index (χ0n) is 14.6. The number of halogens is 1. The highest BCUT2D eigenvalue weighted by atomic mass is 35.5. The third-order valence-corrected chi connectivity index (χ3v) is 5.04. The molecule has 1 atom stereocenters. The van der Waals surface area contributed by atoms with E-state index >= 15 is 0 Å². The number of nitrogens with zero attached hydrogens (tertiary/aromatic N) is 2. The number of hydrogen-bond acceptors (Lipinski definition) is 3. The van der Waals surface area contributed by atoms with Gasteiger partial charge in [-0.1, -0.05) is 65.7 Å². The second-order valence-electron chi connectivity index (χ2n) is 6.38. The molecule has 0 unspecified atom stereocenters. The van der Waals surface area contributed by atoms with Crippen LogP contribution in [-0.2, 0) is 0 Å². The molecule has 0 spiro atoms. The van der Waals surface area contributed by atoms with Crippen LogP contribution in [0.15, 0.2) is 71.0 Å². The lowest BCUT2D eigenvalue weighted by atomic mass is 9.82. The van der Waals surface area contributed by atoms with Gasteiger partial charge in [0.25, 0.3) is 0 Å². The van der Waals surface area contributed by atoms with Gasteiger partial charge in [0.1, 0.15) is 17.4 Å². The first-order valence-corrected chi connectivity index (χ1v) is 8.86. The lowest BCUT2D eigenvalue weighted by molar-refractivity contribution is 0.400. The fourth-order valence-electron chi connectivity index (χ4n) is 3.46. The number of aliphatic imine (C=N–C) groups is 1. The van der Waals surface area contributed by atoms with Gasteiger partial charge in [-0.2, -0.15) is 5.26 Å². The summed E-state index contributed by atoms with van der Waals surface area (Å²) < 4.78 is 6.04. The van der Waals surface area contributed by atoms with Crippen LogP contribution in [0.25, 0.3) is 10.8 Å². The zero-order chi connectivity index (χ0) is 19.0. The smallest absolute Gasteiger partial charge is 0.235 e. The first kappa shape index (κ1) is 17.1. The molecule has 0 amide bonds. The predicted octanol–water partition coefficient (Wildman–Crippen LogP) is 5.05. The van der Waals surface area contributed by atoms with E-state index in [0.717, 1.165) is 33.8 Å². The summed E-state index contributed by atoms with van der Waals surface area (Å²) in [5, 5.41) is 12.2. The summed E-state index contributed by atoms with van der Waals surface area (Å²) in [4.78, 5) is 4.11. The van der Waals surface area contributed by atoms with Gasteiger partial charge in [0.2, 0.25) is 5.88 Å². The Bertz CT molecular complexity index is 1140. The van der Waals surface area contributed by atoms with E-state index in [4.69, 9.17) is 22.1 Å². The molecule has 5 heteroatoms. The van der Waals surface area contributed by atoms with Crippen LogP contribution in [0.4, 0.5) is 0 Å². The molecule has 132 valence electrons. The number of nitriles is 1. The number of benzene rings is 3. The Morgan fingerprint density at radius 2 is 1.85 bits per heavy atom. The molecule has 27 heavy (non-hydrogen) atoms. The summed E-state index contributed by atoms with van der Waals surface area (Å²) in [5.41, 5.74) is 8.86. The van der Waals surface area contributed by atoms with Crippen molar-refractivity contribution in [2.75, 3.05) is 0 Å². The van der Waals surface area contributed by atoms with E-state index in [1.54, 1.807) is 0 Å². The average molecular weight is 374 g/mol. The van der Waals surface area contributed by atoms with Crippen LogP contribution in [-0.4, -0.2) is 6.34 Å². The van der Waals surface area contributed by atoms with Gasteiger partial charge in [-0.3, -0.25) is 0 Å². The van der Waals surface area contributed by atoms with Crippen molar-refractivity contribution in [3.8, 4) is 11.8 Å². The Balaban J connectivity index is 2.06. The summed E-state index contributed by atoms with van der Waals surface area (Å²) in [5.74, 6) is 0.533. The van der Waals surface area contributed by atoms with Crippen LogP contribution in [0.5, 0.6) is 5.75 Å². The molecule has 2 N–H and O–H groups in total. The Morgan fingerprint density at radius 3 is 2.52 bits per heavy atom. The first-order valence-electron chi connectivity index (χ1n) is 8.48. The molecule has 0 aliphatic carbocycles. The van der Waals surface area contributed by atoms with Crippen molar-refractivity contribution in [1.29, 1.82) is 5.26 Å². The van der Waals surface area contributed by atoms with Gasteiger partial charge >= 0.3 is 0 Å². The van der Waals surface area contributed by atoms with Gasteiger partial charge in [-0.05, 0) is 18.6 Å². The van der Waals surface area contributed by atoms with Crippen LogP contribution in [0.1, 0.15) is 22.6 Å². The van der Waals surface area contributed by atoms with Crippen molar-refractivity contribution in [2.24, 2.45) is 10.7 Å². The number of nitrogens with two attached hydrogens (primary N) is 1. The third kappa shape index (κ3) is 2.83. The van der Waals surface area contributed by atoms with Crippen molar-refractivity contribution in [3.63, 3.8) is 0 Å². The molecular formula is C22H16ClN3O. The number of aryl methyl sites for hydroxylation is 1. The summed E-state index contributed by atoms with van der Waals surface area (Å²) in [6, 6.07) is 20.0. The predicted molar refractivity (Wildman–Crippen MR) is 108 cm³/mol. The lowest BCUT2D eigenvalue weighted by Gasteiger charge is -2.28. The summed E-state index contributed by atoms with van der Waals surface area (Å²) >= 11 is 6.56. The molecule has 1 aliphatic heterocycles. The van der Waals surface area contributed by atoms with E-state index in [-0.39, 0.29) is 11.8 Å². The van der Waals surface area contributed by atoms with Crippen molar-refractivity contribution in [1.82, 2.24) is 0 Å². The highest BCUT2D eigenvalue weighted by molar-refractivity contribution is 6.36. The fraction of sp³-hybridized carbons (Fsp3) is 0.0909. The van der Waals surface area contributed by atoms with E-state index in [1.165, 1.54) is 0 Å². The summed E-state index contributed by atoms with van der Waals surface area (Å²) in [6.45, 7) is 2.03. The van der Waals surface area contributed by atoms with Gasteiger partial charge in [-0.15, -0.1) is 0 Å². The van der Waals surface area contributed by atoms with E-state index in [1.807, 2.05) is 61.5 Å². The molecule has 1 aliphatic rings. The van der Waals surface area contributed by atoms with Crippen LogP contribution in [0.3, 0.4) is 0 Å². The normalized spacial score (nSPS) is 16.3. The highest BCUT2D eigenvalue weighted by Gasteiger charge is 2.33. The molecule has 0 fully saturated rings. The largest absolute Gasteiger partial charge is 0.437 e. The van der Waals surface area contributed by atoms with Gasteiger partial charge in [0.05, 0.1) is 12.3 Å². The third-order valence-electron chi connectivity index (χ3n) is 4.73. The topological polar surface area (TPSA) is 71.4 Å². The van der Waals surface area contributed by atoms with Crippen LogP contribution < -0.4 is 10.5 Å². The maximum absolute atomic E-state index is 9.85. The van der Waals surface area contributed by atoms with Gasteiger partial charge < -0.3 is 10.5 Å². The zero-order valence-corrected chi connectivity index (χ0v) is 15.4. The molecule has 1 heterocycles. The second-order valence-corrected chi connectivity index (χ2v) is 6.78. The van der Waals surface area contributed by atoms with Crippen LogP contribution in [0.2, 0.25) is 5.02 Å². The minimum Gasteiger partial charge on any atom is -0.437 e. The minimum absolute atomic E-state index is 0.213. The lowest BCUT2D eigenvalue weighted by Crippen LogP contribution is -2.16. The van der Waals surface area contributed by atoms with E-state index in [2.05, 4.69) is 11.1 Å². The number of fused-ring (bicyclic) bond motifs is 3. The molecular weight excluding hydrogens is 358 g/mol. The van der Waals surface area contributed by atoms with Crippen molar-refractivity contribution in [2.45, 2.75) is 12.8 Å². The molecule has 4 rings (SSSR count). The molecule has 0 bridgehead atoms. The number of ether oxygens (including phenoxy) is 1. The van der Waals surface area contributed by atoms with Gasteiger partial charge in [0, 0.05) is 21.4 Å². The highest BCUT2D eigenvalue weighted by Crippen LogP contribution is 2.48. The van der Waals surface area contributed by atoms with Crippen LogP contribution >= 0.6 is 11.6 Å². The van der Waals surface area contributed by atoms with E-state index in [0.29, 0.717) is 16.3 Å². The second kappa shape index (κ2) is 6.79. The number of allylic oxidation sites excluding steroid dienone is 1. The summed E-state index contributed by atoms with van der Waals surface area (Å²) in [6.07, 6.45) is 1.14. The molecule has 0 saturated heterocycles.